The summed E-state index contributed by atoms with van der Waals surface area (Å²) >= 11 is 8.54. The Morgan fingerprint density at radius 1 is 0.854 bits per heavy atom. The van der Waals surface area contributed by atoms with Crippen LogP contribution in [-0.2, 0) is 16.0 Å². The van der Waals surface area contributed by atoms with Gasteiger partial charge in [0.2, 0.25) is 0 Å². The molecule has 7 nitrogen and oxygen atoms in total. The number of nitrogens with one attached hydrogen (secondary N) is 1. The van der Waals surface area contributed by atoms with E-state index in [-0.39, 0.29) is 28.8 Å². The summed E-state index contributed by atoms with van der Waals surface area (Å²) in [7, 11) is -2.89. The fourth-order valence-electron chi connectivity index (χ4n) is 6.41. The van der Waals surface area contributed by atoms with Crippen molar-refractivity contribution in [3.63, 3.8) is 0 Å². The Morgan fingerprint density at radius 2 is 1.29 bits per heavy atom. The molecular weight excluding hydrogens is 994 g/mol. The van der Waals surface area contributed by atoms with Crippen molar-refractivity contribution in [2.75, 3.05) is 0 Å². The van der Waals surface area contributed by atoms with Crippen LogP contribution in [0.5, 0.6) is 17.2 Å². The lowest BCUT2D eigenvalue weighted by molar-refractivity contribution is -0.141. The largest absolute Gasteiger partial charge is 0.506 e. The molecule has 0 radical (unpaired) electrons. The Hall–Kier alpha value is -0.0831. The van der Waals surface area contributed by atoms with Gasteiger partial charge in [-0.15, -0.1) is 0 Å². The van der Waals surface area contributed by atoms with Gasteiger partial charge < -0.3 is 25.0 Å². The number of halogens is 4. The van der Waals surface area contributed by atoms with Crippen LogP contribution < -0.4 is 10.1 Å². The molecule has 0 heterocycles. The topological polar surface area (TPSA) is 105 Å². The van der Waals surface area contributed by atoms with Crippen LogP contribution in [0.1, 0.15) is 67.9 Å². The molecular formula is C29H39I4NO6Si. The van der Waals surface area contributed by atoms with Crippen molar-refractivity contribution in [2.45, 2.75) is 96.1 Å². The number of hydrogen-bond donors (Lipinski definition) is 3. The lowest BCUT2D eigenvalue weighted by Gasteiger charge is -2.54. The molecule has 0 aliphatic rings. The zero-order chi connectivity index (χ0) is 31.7. The molecule has 3 N–H and O–H groups in total. The second kappa shape index (κ2) is 14.3. The number of benzene rings is 2. The maximum Gasteiger partial charge on any atom is 0.408 e. The monoisotopic (exact) mass is 1030 g/mol. The van der Waals surface area contributed by atoms with E-state index in [2.05, 4.69) is 137 Å². The van der Waals surface area contributed by atoms with E-state index < -0.39 is 30.9 Å². The quantitative estimate of drug-likeness (QED) is 0.162. The van der Waals surface area contributed by atoms with Crippen LogP contribution in [0.4, 0.5) is 4.79 Å². The number of alkyl carbamates (subject to hydrolysis) is 1. The van der Waals surface area contributed by atoms with Gasteiger partial charge in [-0.1, -0.05) is 41.5 Å². The molecule has 1 amide bonds. The molecule has 2 rings (SSSR count). The summed E-state index contributed by atoms with van der Waals surface area (Å²) in [5, 5.41) is 22.7. The first-order valence-corrected chi connectivity index (χ1v) is 19.8. The molecule has 0 aliphatic heterocycles. The van der Waals surface area contributed by atoms with Crippen LogP contribution >= 0.6 is 90.4 Å². The summed E-state index contributed by atoms with van der Waals surface area (Å²) in [5.41, 5.74) is 0.161. The molecule has 228 valence electrons. The minimum atomic E-state index is -2.89. The van der Waals surface area contributed by atoms with Crippen molar-refractivity contribution in [1.29, 1.82) is 0 Å². The lowest BCUT2D eigenvalue weighted by Crippen LogP contribution is -2.76. The van der Waals surface area contributed by atoms with Gasteiger partial charge >= 0.3 is 12.1 Å². The number of carbonyl (C=O) groups excluding carboxylic acids is 1. The second-order valence-electron chi connectivity index (χ2n) is 12.1. The zero-order valence-corrected chi connectivity index (χ0v) is 34.4. The van der Waals surface area contributed by atoms with E-state index in [1.54, 1.807) is 32.9 Å². The molecule has 1 atom stereocenters. The number of phenols is 1. The van der Waals surface area contributed by atoms with E-state index in [0.29, 0.717) is 18.6 Å². The van der Waals surface area contributed by atoms with Gasteiger partial charge in [0.1, 0.15) is 30.3 Å². The van der Waals surface area contributed by atoms with Gasteiger partial charge in [0, 0.05) is 6.42 Å². The third-order valence-electron chi connectivity index (χ3n) is 7.42. The number of hydrogen-bond acceptors (Lipinski definition) is 5. The van der Waals surface area contributed by atoms with Gasteiger partial charge in [0.25, 0.3) is 0 Å². The number of carboxylic acids is 1. The number of aromatic hydroxyl groups is 1. The summed E-state index contributed by atoms with van der Waals surface area (Å²) in [6, 6.07) is 7.41. The number of carbonyl (C=O) groups is 2. The maximum atomic E-state index is 13.6. The van der Waals surface area contributed by atoms with Crippen molar-refractivity contribution in [2.24, 2.45) is 0 Å². The molecule has 0 fully saturated rings. The van der Waals surface area contributed by atoms with Crippen molar-refractivity contribution in [1.82, 2.24) is 5.32 Å². The average molecular weight is 1030 g/mol. The van der Waals surface area contributed by atoms with Crippen LogP contribution in [0.15, 0.2) is 24.3 Å². The molecule has 0 aliphatic carbocycles. The number of ether oxygens (including phenoxy) is 2. The van der Waals surface area contributed by atoms with Gasteiger partial charge in [-0.05, 0) is 158 Å². The Kier molecular flexibility index (Phi) is 13.0. The van der Waals surface area contributed by atoms with Crippen LogP contribution in [0.25, 0.3) is 0 Å². The van der Waals surface area contributed by atoms with Crippen molar-refractivity contribution < 1.29 is 29.3 Å². The minimum absolute atomic E-state index is 0.0497. The van der Waals surface area contributed by atoms with Crippen LogP contribution in [0.3, 0.4) is 0 Å². The highest BCUT2D eigenvalue weighted by Gasteiger charge is 2.64. The predicted molar refractivity (Wildman–Crippen MR) is 200 cm³/mol. The molecule has 41 heavy (non-hydrogen) atoms. The van der Waals surface area contributed by atoms with E-state index in [0.717, 1.165) is 12.7 Å². The summed E-state index contributed by atoms with van der Waals surface area (Å²) < 4.78 is 14.9. The predicted octanol–water partition coefficient (Wildman–Crippen LogP) is 9.71. The fourth-order valence-corrected chi connectivity index (χ4v) is 18.4. The molecule has 0 aromatic heterocycles. The van der Waals surface area contributed by atoms with Crippen molar-refractivity contribution in [3.05, 3.63) is 44.1 Å². The summed E-state index contributed by atoms with van der Waals surface area (Å²) in [5.74, 6) is 0.421. The van der Waals surface area contributed by atoms with Crippen LogP contribution in [-0.4, -0.2) is 41.1 Å². The Morgan fingerprint density at radius 3 is 1.66 bits per heavy atom. The Balaban J connectivity index is 2.74. The number of phenolic OH excluding ortho intramolecular Hbond substituents is 1. The summed E-state index contributed by atoms with van der Waals surface area (Å²) in [6.45, 7) is 17.8. The van der Waals surface area contributed by atoms with E-state index in [4.69, 9.17) is 9.47 Å². The average Bonchev–Trinajstić information content (AvgIpc) is 2.77. The Bertz CT molecular complexity index is 1230. The number of carboxylic acid groups (broad SMARTS) is 1. The van der Waals surface area contributed by atoms with Gasteiger partial charge in [-0.2, -0.15) is 0 Å². The van der Waals surface area contributed by atoms with Gasteiger partial charge in [0.05, 0.1) is 14.3 Å². The molecule has 0 saturated heterocycles. The molecule has 0 saturated carbocycles. The number of aliphatic carboxylic acids is 1. The Labute approximate surface area is 299 Å². The smallest absolute Gasteiger partial charge is 0.408 e. The molecule has 1 unspecified atom stereocenters. The van der Waals surface area contributed by atoms with Crippen LogP contribution in [0, 0.1) is 14.3 Å². The third-order valence-corrected chi connectivity index (χ3v) is 18.4. The summed E-state index contributed by atoms with van der Waals surface area (Å²) in [6.07, 6.45) is -0.608. The fraction of sp³-hybridized carbons (Fsp3) is 0.517. The van der Waals surface area contributed by atoms with E-state index >= 15 is 0 Å². The molecule has 0 bridgehead atoms. The minimum Gasteiger partial charge on any atom is -0.506 e. The summed E-state index contributed by atoms with van der Waals surface area (Å²) in [4.78, 5) is 26.9. The van der Waals surface area contributed by atoms with E-state index in [1.165, 1.54) is 0 Å². The number of rotatable bonds is 10. The standard InChI is InChI=1S/C29H39I4NO6Si/c1-15(2)41(16(3)4,17(5)6)29(26(36)37,34-27(38)40-28(7,8)9)14-18-10-22(32)25(23(33)11-18)39-19-12-20(30)24(35)21(31)13-19/h10-13,15-17,35H,14H2,1-9H3,(H,34,38)(H,36,37). The highest BCUT2D eigenvalue weighted by molar-refractivity contribution is 14.1. The maximum absolute atomic E-state index is 13.6. The SMILES string of the molecule is CC(C)[Si](C(C)C)(C(C)C)C(Cc1cc(I)c(Oc2cc(I)c(O)c(I)c2)c(I)c1)(NC(=O)OC(C)(C)C)C(=O)O. The van der Waals surface area contributed by atoms with Crippen LogP contribution in [0.2, 0.25) is 16.6 Å². The first kappa shape index (κ1) is 37.1. The molecule has 2 aromatic rings. The second-order valence-corrected chi connectivity index (χ2v) is 23.0. The van der Waals surface area contributed by atoms with Gasteiger partial charge in [-0.3, -0.25) is 4.79 Å². The van der Waals surface area contributed by atoms with Gasteiger partial charge in [0.15, 0.2) is 5.75 Å². The van der Waals surface area contributed by atoms with Crippen molar-refractivity contribution in [3.8, 4) is 17.2 Å². The number of amides is 1. The van der Waals surface area contributed by atoms with Crippen molar-refractivity contribution >= 4 is 110 Å². The first-order chi connectivity index (χ1) is 18.7. The first-order valence-electron chi connectivity index (χ1n) is 13.3. The lowest BCUT2D eigenvalue weighted by atomic mass is 10.0. The van der Waals surface area contributed by atoms with E-state index in [1.807, 2.05) is 12.1 Å². The highest BCUT2D eigenvalue weighted by atomic mass is 127. The molecule has 0 spiro atoms. The van der Waals surface area contributed by atoms with E-state index in [9.17, 15) is 19.8 Å². The molecule has 12 heteroatoms. The highest BCUT2D eigenvalue weighted by Crippen LogP contribution is 2.50. The normalized spacial score (nSPS) is 13.9. The van der Waals surface area contributed by atoms with Gasteiger partial charge in [-0.25, -0.2) is 4.79 Å². The third kappa shape index (κ3) is 8.15. The zero-order valence-electron chi connectivity index (χ0n) is 24.8. The molecule has 2 aromatic carbocycles.